The predicted molar refractivity (Wildman–Crippen MR) is 76.3 cm³/mol. The number of imide groups is 1. The summed E-state index contributed by atoms with van der Waals surface area (Å²) in [5, 5.41) is 1.73. The van der Waals surface area contributed by atoms with E-state index < -0.39 is 0 Å². The third kappa shape index (κ3) is 1.91. The molecule has 0 atom stereocenters. The summed E-state index contributed by atoms with van der Waals surface area (Å²) in [6, 6.07) is 11.1. The molecule has 0 unspecified atom stereocenters. The van der Waals surface area contributed by atoms with Gasteiger partial charge >= 0.3 is 0 Å². The monoisotopic (exact) mass is 255 g/mol. The fraction of sp³-hybridized carbons (Fsp3) is 0.250. The topological polar surface area (TPSA) is 37.4 Å². The molecule has 0 aliphatic carbocycles. The van der Waals surface area contributed by atoms with Gasteiger partial charge in [-0.15, -0.1) is 0 Å². The van der Waals surface area contributed by atoms with Gasteiger partial charge in [0.2, 0.25) is 0 Å². The van der Waals surface area contributed by atoms with Gasteiger partial charge < -0.3 is 0 Å². The van der Waals surface area contributed by atoms with Gasteiger partial charge in [-0.3, -0.25) is 14.5 Å². The molecular weight excluding hydrogens is 238 g/mol. The van der Waals surface area contributed by atoms with E-state index in [-0.39, 0.29) is 11.8 Å². The van der Waals surface area contributed by atoms with Gasteiger partial charge in [-0.25, -0.2) is 0 Å². The van der Waals surface area contributed by atoms with Gasteiger partial charge in [0, 0.05) is 23.1 Å². The van der Waals surface area contributed by atoms with Crippen molar-refractivity contribution in [2.75, 3.05) is 6.54 Å². The van der Waals surface area contributed by atoms with E-state index in [9.17, 15) is 9.59 Å². The quantitative estimate of drug-likeness (QED) is 0.731. The maximum atomic E-state index is 12.1. The summed E-state index contributed by atoms with van der Waals surface area (Å²) in [6.45, 7) is 6.21. The van der Waals surface area contributed by atoms with Crippen molar-refractivity contribution in [3.63, 3.8) is 0 Å². The lowest BCUT2D eigenvalue weighted by atomic mass is 9.94. The van der Waals surface area contributed by atoms with Crippen molar-refractivity contribution in [3.8, 4) is 0 Å². The van der Waals surface area contributed by atoms with E-state index >= 15 is 0 Å². The normalized spacial score (nSPS) is 13.3. The molecule has 0 N–H and O–H groups in total. The molecule has 0 saturated heterocycles. The van der Waals surface area contributed by atoms with Crippen molar-refractivity contribution in [2.24, 2.45) is 0 Å². The van der Waals surface area contributed by atoms with Crippen LogP contribution in [0, 0.1) is 0 Å². The molecule has 3 nitrogen and oxygen atoms in total. The van der Waals surface area contributed by atoms with Crippen LogP contribution in [0.4, 0.5) is 0 Å². The molecule has 1 aliphatic heterocycles. The fourth-order valence-electron chi connectivity index (χ4n) is 2.37. The Balaban J connectivity index is 0.000000637. The molecule has 2 aromatic rings. The van der Waals surface area contributed by atoms with Crippen molar-refractivity contribution in [1.29, 1.82) is 0 Å². The first-order chi connectivity index (χ1) is 9.24. The van der Waals surface area contributed by atoms with E-state index in [0.717, 1.165) is 10.8 Å². The Kier molecular flexibility index (Phi) is 3.65. The first-order valence-corrected chi connectivity index (χ1v) is 6.62. The highest BCUT2D eigenvalue weighted by Crippen LogP contribution is 2.29. The zero-order chi connectivity index (χ0) is 14.0. The van der Waals surface area contributed by atoms with Gasteiger partial charge in [0.05, 0.1) is 0 Å². The van der Waals surface area contributed by atoms with Gasteiger partial charge in [-0.2, -0.15) is 0 Å². The van der Waals surface area contributed by atoms with Crippen molar-refractivity contribution in [3.05, 3.63) is 47.5 Å². The smallest absolute Gasteiger partial charge is 0.261 e. The van der Waals surface area contributed by atoms with Crippen LogP contribution in [0.3, 0.4) is 0 Å². The highest BCUT2D eigenvalue weighted by Gasteiger charge is 2.31. The Labute approximate surface area is 112 Å². The van der Waals surface area contributed by atoms with Crippen molar-refractivity contribution >= 4 is 22.6 Å². The standard InChI is InChI=1S/C14H11NO2.C2H6/c1-2-15-13(16)10-7-3-5-9-6-4-8-11(12(9)10)14(15)17;1-2/h3-8H,2H2,1H3;1-2H3. The second-order valence-electron chi connectivity index (χ2n) is 4.06. The Hall–Kier alpha value is -2.16. The average molecular weight is 255 g/mol. The minimum Gasteiger partial charge on any atom is -0.275 e. The van der Waals surface area contributed by atoms with Crippen LogP contribution in [0.5, 0.6) is 0 Å². The second kappa shape index (κ2) is 5.22. The summed E-state index contributed by atoms with van der Waals surface area (Å²) in [6.07, 6.45) is 0. The highest BCUT2D eigenvalue weighted by molar-refractivity contribution is 6.25. The number of rotatable bonds is 1. The zero-order valence-electron chi connectivity index (χ0n) is 11.4. The van der Waals surface area contributed by atoms with Gasteiger partial charge in [0.1, 0.15) is 0 Å². The summed E-state index contributed by atoms with van der Waals surface area (Å²) in [5.41, 5.74) is 1.25. The molecule has 1 heterocycles. The molecule has 0 saturated carbocycles. The highest BCUT2D eigenvalue weighted by atomic mass is 16.2. The molecule has 0 aromatic heterocycles. The molecule has 1 aliphatic rings. The lowest BCUT2D eigenvalue weighted by molar-refractivity contribution is 0.0619. The van der Waals surface area contributed by atoms with Gasteiger partial charge in [-0.05, 0) is 24.4 Å². The van der Waals surface area contributed by atoms with Gasteiger partial charge in [0.25, 0.3) is 11.8 Å². The van der Waals surface area contributed by atoms with Crippen molar-refractivity contribution < 1.29 is 9.59 Å². The van der Waals surface area contributed by atoms with Crippen LogP contribution in [-0.4, -0.2) is 23.3 Å². The Morgan fingerprint density at radius 2 is 1.37 bits per heavy atom. The molecule has 98 valence electrons. The summed E-state index contributed by atoms with van der Waals surface area (Å²) in [5.74, 6) is -0.386. The summed E-state index contributed by atoms with van der Waals surface area (Å²) in [7, 11) is 0. The third-order valence-corrected chi connectivity index (χ3v) is 3.17. The van der Waals surface area contributed by atoms with E-state index in [1.807, 2.05) is 45.0 Å². The lowest BCUT2D eigenvalue weighted by Crippen LogP contribution is -2.39. The van der Waals surface area contributed by atoms with E-state index in [0.29, 0.717) is 17.7 Å². The maximum Gasteiger partial charge on any atom is 0.261 e. The first kappa shape index (κ1) is 13.3. The van der Waals surface area contributed by atoms with Crippen LogP contribution in [0.1, 0.15) is 41.5 Å². The number of benzene rings is 2. The zero-order valence-corrected chi connectivity index (χ0v) is 11.4. The molecule has 2 aromatic carbocycles. The predicted octanol–water partition coefficient (Wildman–Crippen LogP) is 3.48. The minimum atomic E-state index is -0.193. The van der Waals surface area contributed by atoms with E-state index in [1.165, 1.54) is 4.90 Å². The van der Waals surface area contributed by atoms with Crippen LogP contribution < -0.4 is 0 Å². The Morgan fingerprint density at radius 3 is 1.79 bits per heavy atom. The molecular formula is C16H17NO2. The maximum absolute atomic E-state index is 12.1. The molecule has 19 heavy (non-hydrogen) atoms. The Morgan fingerprint density at radius 1 is 0.895 bits per heavy atom. The number of carbonyl (C=O) groups is 2. The minimum absolute atomic E-state index is 0.193. The number of carbonyl (C=O) groups excluding carboxylic acids is 2. The van der Waals surface area contributed by atoms with Crippen LogP contribution in [0.15, 0.2) is 36.4 Å². The van der Waals surface area contributed by atoms with Crippen LogP contribution in [0.25, 0.3) is 10.8 Å². The van der Waals surface area contributed by atoms with Gasteiger partial charge in [0.15, 0.2) is 0 Å². The molecule has 2 amide bonds. The number of hydrogen-bond donors (Lipinski definition) is 0. The number of hydrogen-bond acceptors (Lipinski definition) is 2. The number of nitrogens with zero attached hydrogens (tertiary/aromatic N) is 1. The lowest BCUT2D eigenvalue weighted by Gasteiger charge is -2.25. The summed E-state index contributed by atoms with van der Waals surface area (Å²) >= 11 is 0. The largest absolute Gasteiger partial charge is 0.275 e. The molecule has 0 fully saturated rings. The van der Waals surface area contributed by atoms with Crippen molar-refractivity contribution in [1.82, 2.24) is 4.90 Å². The first-order valence-electron chi connectivity index (χ1n) is 6.62. The summed E-state index contributed by atoms with van der Waals surface area (Å²) in [4.78, 5) is 25.6. The Bertz CT molecular complexity index is 595. The average Bonchev–Trinajstić information content (AvgIpc) is 2.47. The molecule has 0 bridgehead atoms. The van der Waals surface area contributed by atoms with Crippen LogP contribution in [-0.2, 0) is 0 Å². The summed E-state index contributed by atoms with van der Waals surface area (Å²) < 4.78 is 0. The SMILES string of the molecule is CC.CCN1C(=O)c2cccc3cccc(c23)C1=O. The van der Waals surface area contributed by atoms with E-state index in [2.05, 4.69) is 0 Å². The third-order valence-electron chi connectivity index (χ3n) is 3.17. The van der Waals surface area contributed by atoms with Crippen molar-refractivity contribution in [2.45, 2.75) is 20.8 Å². The van der Waals surface area contributed by atoms with Crippen LogP contribution in [0.2, 0.25) is 0 Å². The van der Waals surface area contributed by atoms with Crippen LogP contribution >= 0.6 is 0 Å². The van der Waals surface area contributed by atoms with E-state index in [4.69, 9.17) is 0 Å². The molecule has 3 rings (SSSR count). The fourth-order valence-corrected chi connectivity index (χ4v) is 2.37. The second-order valence-corrected chi connectivity index (χ2v) is 4.06. The molecule has 3 heteroatoms. The molecule has 0 radical (unpaired) electrons. The molecule has 0 spiro atoms. The number of amides is 2. The van der Waals surface area contributed by atoms with Gasteiger partial charge in [-0.1, -0.05) is 38.1 Å². The van der Waals surface area contributed by atoms with E-state index in [1.54, 1.807) is 12.1 Å².